The second-order valence-corrected chi connectivity index (χ2v) is 7.51. The summed E-state index contributed by atoms with van der Waals surface area (Å²) in [6, 6.07) is 1.89. The summed E-state index contributed by atoms with van der Waals surface area (Å²) in [5, 5.41) is 13.2. The fourth-order valence-electron chi connectivity index (χ4n) is 3.58. The molecule has 12 heteroatoms. The molecule has 188 valence electrons. The Bertz CT molecular complexity index is 1070. The van der Waals surface area contributed by atoms with Crippen molar-refractivity contribution in [3.63, 3.8) is 0 Å². The number of hydrogen-bond donors (Lipinski definition) is 2. The molecule has 3 aromatic rings. The maximum absolute atomic E-state index is 11.5. The standard InChI is InChI=1S/C14H17N5O5.C4H6N2.2C2H6/c1-5-17-10(15)6-11(18-5)19(4-16-6)12-8-7(9(22-12)13(20)21)23-14(2,3)24-8;1-6-4-2-3-5-6;2*1-2/h4,7-9,12H,1-3H3,(H,20,21)(H2,15,17,18);2-4H,1H3;2*1-2H3. The number of aromatic nitrogens is 6. The molecule has 0 aliphatic carbocycles. The van der Waals surface area contributed by atoms with Crippen LogP contribution in [0.4, 0.5) is 5.82 Å². The van der Waals surface area contributed by atoms with Gasteiger partial charge in [-0.15, -0.1) is 0 Å². The smallest absolute Gasteiger partial charge is 0.335 e. The van der Waals surface area contributed by atoms with Crippen molar-refractivity contribution in [1.29, 1.82) is 0 Å². The van der Waals surface area contributed by atoms with Gasteiger partial charge >= 0.3 is 5.97 Å². The maximum atomic E-state index is 11.5. The lowest BCUT2D eigenvalue weighted by Gasteiger charge is -2.23. The van der Waals surface area contributed by atoms with E-state index in [-0.39, 0.29) is 5.82 Å². The van der Waals surface area contributed by atoms with E-state index in [0.717, 1.165) is 0 Å². The molecule has 2 aliphatic rings. The number of fused-ring (bicyclic) bond motifs is 2. The number of rotatable bonds is 2. The van der Waals surface area contributed by atoms with Crippen LogP contribution in [0, 0.1) is 6.92 Å². The van der Waals surface area contributed by atoms with E-state index in [1.54, 1.807) is 36.2 Å². The third-order valence-corrected chi connectivity index (χ3v) is 4.74. The molecule has 0 saturated carbocycles. The molecule has 2 saturated heterocycles. The normalized spacial score (nSPS) is 24.1. The molecule has 0 aromatic carbocycles. The largest absolute Gasteiger partial charge is 0.479 e. The molecule has 3 N–H and O–H groups in total. The Kier molecular flexibility index (Phi) is 9.07. The van der Waals surface area contributed by atoms with E-state index in [0.29, 0.717) is 17.0 Å². The Morgan fingerprint density at radius 1 is 1.15 bits per heavy atom. The Hall–Kier alpha value is -3.09. The van der Waals surface area contributed by atoms with Crippen molar-refractivity contribution in [3.05, 3.63) is 30.6 Å². The summed E-state index contributed by atoms with van der Waals surface area (Å²) in [4.78, 5) is 24.1. The summed E-state index contributed by atoms with van der Waals surface area (Å²) in [6.45, 7) is 13.2. The van der Waals surface area contributed by atoms with Gasteiger partial charge in [-0.2, -0.15) is 5.10 Å². The molecule has 5 rings (SSSR count). The van der Waals surface area contributed by atoms with Crippen LogP contribution in [-0.2, 0) is 26.1 Å². The first-order valence-electron chi connectivity index (χ1n) is 11.3. The first-order valence-corrected chi connectivity index (χ1v) is 11.3. The first-order chi connectivity index (χ1) is 16.2. The summed E-state index contributed by atoms with van der Waals surface area (Å²) >= 11 is 0. The van der Waals surface area contributed by atoms with Gasteiger partial charge in [-0.3, -0.25) is 9.25 Å². The highest BCUT2D eigenvalue weighted by atomic mass is 16.8. The van der Waals surface area contributed by atoms with E-state index in [4.69, 9.17) is 19.9 Å². The Morgan fingerprint density at radius 2 is 1.79 bits per heavy atom. The second kappa shape index (κ2) is 11.4. The number of nitrogens with two attached hydrogens (primary N) is 1. The van der Waals surface area contributed by atoms with Crippen LogP contribution in [0.5, 0.6) is 0 Å². The van der Waals surface area contributed by atoms with Gasteiger partial charge in [-0.25, -0.2) is 19.7 Å². The Labute approximate surface area is 199 Å². The van der Waals surface area contributed by atoms with Gasteiger partial charge in [0.1, 0.15) is 23.5 Å². The van der Waals surface area contributed by atoms with Crippen molar-refractivity contribution in [1.82, 2.24) is 29.3 Å². The molecular formula is C22H35N7O5. The van der Waals surface area contributed by atoms with Crippen LogP contribution in [0.15, 0.2) is 24.8 Å². The number of nitrogens with zero attached hydrogens (tertiary/aromatic N) is 6. The van der Waals surface area contributed by atoms with Crippen LogP contribution < -0.4 is 5.73 Å². The van der Waals surface area contributed by atoms with Crippen LogP contribution in [0.2, 0.25) is 0 Å². The van der Waals surface area contributed by atoms with Gasteiger partial charge in [-0.05, 0) is 26.8 Å². The lowest BCUT2D eigenvalue weighted by atomic mass is 10.1. The van der Waals surface area contributed by atoms with Crippen LogP contribution >= 0.6 is 0 Å². The summed E-state index contributed by atoms with van der Waals surface area (Å²) in [6.07, 6.45) is 1.93. The SMILES string of the molecule is CC.CC.Cc1nc(N)c2ncn(C3OC(C(=O)O)C4OC(C)(C)OC43)c2n1.Cn1cccn1. The zero-order chi connectivity index (χ0) is 25.6. The molecule has 4 atom stereocenters. The molecule has 5 heterocycles. The average Bonchev–Trinajstić information content (AvgIpc) is 3.55. The summed E-state index contributed by atoms with van der Waals surface area (Å²) < 4.78 is 20.6. The highest BCUT2D eigenvalue weighted by Crippen LogP contribution is 2.43. The Morgan fingerprint density at radius 3 is 2.32 bits per heavy atom. The predicted octanol–water partition coefficient (Wildman–Crippen LogP) is 2.69. The lowest BCUT2D eigenvalue weighted by molar-refractivity contribution is -0.202. The quantitative estimate of drug-likeness (QED) is 0.563. The minimum absolute atomic E-state index is 0.254. The van der Waals surface area contributed by atoms with Crippen LogP contribution in [0.1, 0.15) is 53.6 Å². The van der Waals surface area contributed by atoms with E-state index in [2.05, 4.69) is 20.1 Å². The van der Waals surface area contributed by atoms with Gasteiger partial charge in [0, 0.05) is 19.4 Å². The van der Waals surface area contributed by atoms with E-state index in [1.807, 2.05) is 47.0 Å². The fraction of sp³-hybridized carbons (Fsp3) is 0.591. The van der Waals surface area contributed by atoms with Gasteiger partial charge in [0.25, 0.3) is 0 Å². The van der Waals surface area contributed by atoms with Crippen molar-refractivity contribution in [2.75, 3.05) is 5.73 Å². The highest BCUT2D eigenvalue weighted by molar-refractivity contribution is 5.81. The zero-order valence-electron chi connectivity index (χ0n) is 21.0. The molecule has 0 radical (unpaired) electrons. The third-order valence-electron chi connectivity index (χ3n) is 4.74. The maximum Gasteiger partial charge on any atom is 0.335 e. The number of carbonyl (C=O) groups is 1. The number of hydrogen-bond acceptors (Lipinski definition) is 9. The molecule has 3 aromatic heterocycles. The van der Waals surface area contributed by atoms with Gasteiger partial charge in [-0.1, -0.05) is 27.7 Å². The van der Waals surface area contributed by atoms with Gasteiger partial charge in [0.05, 0.1) is 6.33 Å². The molecular weight excluding hydrogens is 442 g/mol. The van der Waals surface area contributed by atoms with Crippen molar-refractivity contribution in [3.8, 4) is 0 Å². The molecule has 4 unspecified atom stereocenters. The molecule has 2 fully saturated rings. The van der Waals surface area contributed by atoms with Crippen LogP contribution in [-0.4, -0.2) is 64.5 Å². The number of anilines is 1. The summed E-state index contributed by atoms with van der Waals surface area (Å²) in [5.74, 6) is -1.27. The number of aliphatic carboxylic acids is 1. The summed E-state index contributed by atoms with van der Waals surface area (Å²) in [5.41, 5.74) is 6.77. The zero-order valence-corrected chi connectivity index (χ0v) is 21.0. The molecule has 12 nitrogen and oxygen atoms in total. The van der Waals surface area contributed by atoms with Crippen molar-refractivity contribution >= 4 is 23.0 Å². The molecule has 2 aliphatic heterocycles. The minimum atomic E-state index is -1.14. The third kappa shape index (κ3) is 5.69. The second-order valence-electron chi connectivity index (χ2n) is 7.51. The first kappa shape index (κ1) is 27.2. The van der Waals surface area contributed by atoms with Crippen molar-refractivity contribution in [2.24, 2.45) is 7.05 Å². The Balaban J connectivity index is 0.000000347. The van der Waals surface area contributed by atoms with Gasteiger partial charge < -0.3 is 25.1 Å². The van der Waals surface area contributed by atoms with Gasteiger partial charge in [0.2, 0.25) is 0 Å². The van der Waals surface area contributed by atoms with E-state index in [9.17, 15) is 9.90 Å². The number of imidazole rings is 1. The summed E-state index contributed by atoms with van der Waals surface area (Å²) in [7, 11) is 1.89. The van der Waals surface area contributed by atoms with E-state index in [1.165, 1.54) is 6.33 Å². The molecule has 0 amide bonds. The molecule has 0 bridgehead atoms. The van der Waals surface area contributed by atoms with Crippen LogP contribution in [0.25, 0.3) is 11.2 Å². The molecule has 0 spiro atoms. The number of aryl methyl sites for hydroxylation is 2. The highest BCUT2D eigenvalue weighted by Gasteiger charge is 2.58. The van der Waals surface area contributed by atoms with Gasteiger partial charge in [0.15, 0.2) is 29.6 Å². The fourth-order valence-corrected chi connectivity index (χ4v) is 3.58. The van der Waals surface area contributed by atoms with E-state index < -0.39 is 36.3 Å². The molecule has 34 heavy (non-hydrogen) atoms. The van der Waals surface area contributed by atoms with E-state index >= 15 is 0 Å². The number of ether oxygens (including phenoxy) is 3. The lowest BCUT2D eigenvalue weighted by Crippen LogP contribution is -2.35. The van der Waals surface area contributed by atoms with Crippen molar-refractivity contribution in [2.45, 2.75) is 78.8 Å². The predicted molar refractivity (Wildman–Crippen MR) is 126 cm³/mol. The van der Waals surface area contributed by atoms with Crippen LogP contribution in [0.3, 0.4) is 0 Å². The number of carboxylic acid groups (broad SMARTS) is 1. The number of carboxylic acids is 1. The van der Waals surface area contributed by atoms with Crippen molar-refractivity contribution < 1.29 is 24.1 Å². The minimum Gasteiger partial charge on any atom is -0.479 e. The average molecular weight is 478 g/mol. The topological polar surface area (TPSA) is 152 Å². The number of nitrogen functional groups attached to an aromatic ring is 1. The monoisotopic (exact) mass is 477 g/mol.